The molecule has 24 heteroatoms. The summed E-state index contributed by atoms with van der Waals surface area (Å²) in [5.74, 6) is -0.892. The maximum Gasteiger partial charge on any atom is 0.307 e. The summed E-state index contributed by atoms with van der Waals surface area (Å²) in [5, 5.41) is 19.9. The van der Waals surface area contributed by atoms with Crippen molar-refractivity contribution >= 4 is 93.9 Å². The summed E-state index contributed by atoms with van der Waals surface area (Å²) in [6.07, 6.45) is 9.98. The molecule has 2 atom stereocenters. The first-order valence-corrected chi connectivity index (χ1v) is 31.6. The first kappa shape index (κ1) is 66.6. The molecule has 0 unspecified atom stereocenters. The van der Waals surface area contributed by atoms with Crippen LogP contribution in [0.2, 0.25) is 0 Å². The zero-order valence-electron chi connectivity index (χ0n) is 54.1. The van der Waals surface area contributed by atoms with Crippen LogP contribution in [0.4, 0.5) is 34.1 Å². The van der Waals surface area contributed by atoms with E-state index in [1.54, 1.807) is 99.9 Å². The van der Waals surface area contributed by atoms with Crippen molar-refractivity contribution in [3.05, 3.63) is 179 Å². The zero-order chi connectivity index (χ0) is 68.3. The number of carbonyl (C=O) groups is 8. The standard InChI is InChI=1S/C37H37N5O7.C36H35N5O7/c1-41-22-25(18-31(41)36(45)38-15-14-35(44)48-3)23-10-12-26(13-11-23)40-34(43)9-6-16-49-33-20-29-28(19-32(33)47-2)37(46)42-27(21-39-29)17-24-7-4-5-8-30(24)42;1-40-21-24(17-30(40)35(45)37-14-13-34(43)44)22-9-11-25(12-10-22)39-33(42)8-5-15-48-32-19-28-27(18-31(32)47-2)36(46)41-26(20-38-28)16-23-6-3-4-7-29(23)41/h4-5,7-8,10-13,18-22,27H,6,9,14-17H2,1-3H3,(H,38,45)(H,40,43);3-4,6-7,9-12,17-21,26H,5,8,13-16H2,1-2H3,(H,37,45)(H,39,42)(H,43,44)/t27-;26-/m00/s1. The van der Waals surface area contributed by atoms with Crippen LogP contribution >= 0.6 is 0 Å². The second-order valence-corrected chi connectivity index (χ2v) is 23.3. The third kappa shape index (κ3) is 15.4. The van der Waals surface area contributed by atoms with Crippen LogP contribution < -0.4 is 50.0 Å². The van der Waals surface area contributed by atoms with E-state index in [0.29, 0.717) is 93.9 Å². The maximum atomic E-state index is 13.6. The topological polar surface area (TPSA) is 292 Å². The van der Waals surface area contributed by atoms with Crippen LogP contribution in [0.1, 0.15) is 91.3 Å². The fraction of sp³-hybridized carbons (Fsp3) is 0.260. The summed E-state index contributed by atoms with van der Waals surface area (Å²) in [6, 6.07) is 40.3. The number of aryl methyl sites for hydroxylation is 2. The average Bonchev–Trinajstić information content (AvgIpc) is 1.64. The number of benzene rings is 6. The predicted molar refractivity (Wildman–Crippen MR) is 366 cm³/mol. The van der Waals surface area contributed by atoms with E-state index < -0.39 is 11.9 Å². The van der Waals surface area contributed by atoms with E-state index in [0.717, 1.165) is 44.8 Å². The molecule has 24 nitrogen and oxygen atoms in total. The van der Waals surface area contributed by atoms with Gasteiger partial charge in [0.1, 0.15) is 11.4 Å². The van der Waals surface area contributed by atoms with E-state index in [1.165, 1.54) is 21.3 Å². The Balaban J connectivity index is 0.000000197. The highest BCUT2D eigenvalue weighted by atomic mass is 16.5. The van der Waals surface area contributed by atoms with Crippen LogP contribution in [0.5, 0.6) is 23.0 Å². The summed E-state index contributed by atoms with van der Waals surface area (Å²) in [4.78, 5) is 112. The first-order chi connectivity index (χ1) is 47.0. The molecule has 5 N–H and O–H groups in total. The van der Waals surface area contributed by atoms with E-state index in [4.69, 9.17) is 24.1 Å². The van der Waals surface area contributed by atoms with Crippen LogP contribution in [0, 0.1) is 0 Å². The molecule has 0 saturated heterocycles. The lowest BCUT2D eigenvalue weighted by atomic mass is 10.1. The number of hydrogen-bond acceptors (Lipinski definition) is 15. The number of esters is 1. The number of nitrogens with one attached hydrogen (secondary N) is 4. The van der Waals surface area contributed by atoms with Crippen molar-refractivity contribution < 1.29 is 67.1 Å². The minimum absolute atomic E-state index is 0.0458. The van der Waals surface area contributed by atoms with Gasteiger partial charge in [-0.25, -0.2) is 0 Å². The van der Waals surface area contributed by atoms with Gasteiger partial charge in [-0.05, 0) is 95.8 Å². The highest BCUT2D eigenvalue weighted by Gasteiger charge is 2.38. The average molecular weight is 1310 g/mol. The van der Waals surface area contributed by atoms with Gasteiger partial charge in [0.15, 0.2) is 23.0 Å². The van der Waals surface area contributed by atoms with Gasteiger partial charge in [-0.15, -0.1) is 0 Å². The molecule has 4 aliphatic heterocycles. The largest absolute Gasteiger partial charge is 0.493 e. The molecule has 498 valence electrons. The van der Waals surface area contributed by atoms with Gasteiger partial charge in [0.2, 0.25) is 11.8 Å². The molecule has 6 heterocycles. The molecule has 8 aromatic rings. The molecule has 0 aliphatic carbocycles. The number of carbonyl (C=O) groups excluding carboxylic acids is 7. The highest BCUT2D eigenvalue weighted by molar-refractivity contribution is 6.16. The van der Waals surface area contributed by atoms with Crippen LogP contribution in [0.15, 0.2) is 156 Å². The number of rotatable bonds is 24. The fourth-order valence-electron chi connectivity index (χ4n) is 11.9. The Morgan fingerprint density at radius 3 is 1.35 bits per heavy atom. The Kier molecular flexibility index (Phi) is 20.7. The number of aromatic nitrogens is 2. The number of carboxylic acids is 1. The van der Waals surface area contributed by atoms with Crippen molar-refractivity contribution in [3.63, 3.8) is 0 Å². The van der Waals surface area contributed by atoms with Crippen LogP contribution in [-0.4, -0.2) is 134 Å². The Morgan fingerprint density at radius 1 is 0.515 bits per heavy atom. The fourth-order valence-corrected chi connectivity index (χ4v) is 11.9. The maximum absolute atomic E-state index is 13.6. The first-order valence-electron chi connectivity index (χ1n) is 31.6. The van der Waals surface area contributed by atoms with Gasteiger partial charge in [-0.3, -0.25) is 58.1 Å². The third-order valence-corrected chi connectivity index (χ3v) is 16.8. The lowest BCUT2D eigenvalue weighted by Crippen LogP contribution is -2.37. The number of nitrogens with zero attached hydrogens (tertiary/aromatic N) is 6. The molecule has 6 amide bonds. The zero-order valence-corrected chi connectivity index (χ0v) is 54.1. The van der Waals surface area contributed by atoms with E-state index in [1.807, 2.05) is 91.4 Å². The molecule has 0 bridgehead atoms. The second-order valence-electron chi connectivity index (χ2n) is 23.3. The number of fused-ring (bicyclic) bond motifs is 8. The molecule has 4 aliphatic rings. The van der Waals surface area contributed by atoms with Crippen molar-refractivity contribution in [3.8, 4) is 45.3 Å². The Morgan fingerprint density at radius 2 is 0.938 bits per heavy atom. The van der Waals surface area contributed by atoms with Crippen molar-refractivity contribution in [1.82, 2.24) is 19.8 Å². The number of anilines is 4. The second kappa shape index (κ2) is 30.1. The van der Waals surface area contributed by atoms with Crippen molar-refractivity contribution in [1.29, 1.82) is 0 Å². The van der Waals surface area contributed by atoms with E-state index >= 15 is 0 Å². The number of hydrogen-bond donors (Lipinski definition) is 5. The number of ether oxygens (including phenoxy) is 5. The van der Waals surface area contributed by atoms with Gasteiger partial charge < -0.3 is 59.2 Å². The van der Waals surface area contributed by atoms with Gasteiger partial charge in [0.25, 0.3) is 23.6 Å². The number of aliphatic carboxylic acids is 1. The van der Waals surface area contributed by atoms with Gasteiger partial charge in [-0.1, -0.05) is 60.7 Å². The number of methoxy groups -OCH3 is 3. The molecule has 2 aromatic heterocycles. The van der Waals surface area contributed by atoms with Crippen LogP contribution in [0.25, 0.3) is 22.3 Å². The van der Waals surface area contributed by atoms with Crippen molar-refractivity contribution in [2.75, 3.05) is 68.1 Å². The Hall–Kier alpha value is -11.8. The normalized spacial score (nSPS) is 14.4. The summed E-state index contributed by atoms with van der Waals surface area (Å²) in [5.41, 5.74) is 11.4. The highest BCUT2D eigenvalue weighted by Crippen LogP contribution is 2.43. The van der Waals surface area contributed by atoms with E-state index in [9.17, 15) is 38.4 Å². The molecule has 0 spiro atoms. The minimum Gasteiger partial charge on any atom is -0.493 e. The lowest BCUT2D eigenvalue weighted by Gasteiger charge is -2.22. The number of para-hydroxylation sites is 2. The van der Waals surface area contributed by atoms with E-state index in [-0.39, 0.29) is 99.5 Å². The number of aliphatic imine (C=N–C) groups is 2. The third-order valence-electron chi connectivity index (χ3n) is 16.8. The summed E-state index contributed by atoms with van der Waals surface area (Å²) in [6.45, 7) is 0.737. The minimum atomic E-state index is -0.979. The molecule has 0 fully saturated rings. The summed E-state index contributed by atoms with van der Waals surface area (Å²) < 4.78 is 31.1. The Labute approximate surface area is 558 Å². The quantitative estimate of drug-likeness (QED) is 0.0278. The molecule has 12 rings (SSSR count). The van der Waals surface area contributed by atoms with Crippen LogP contribution in [-0.2, 0) is 50.9 Å². The number of amides is 6. The molecule has 97 heavy (non-hydrogen) atoms. The summed E-state index contributed by atoms with van der Waals surface area (Å²) in [7, 11) is 7.86. The van der Waals surface area contributed by atoms with E-state index in [2.05, 4.69) is 36.0 Å². The van der Waals surface area contributed by atoms with Crippen molar-refractivity contribution in [2.45, 2.75) is 63.5 Å². The van der Waals surface area contributed by atoms with Crippen molar-refractivity contribution in [2.24, 2.45) is 24.1 Å². The predicted octanol–water partition coefficient (Wildman–Crippen LogP) is 10.1. The lowest BCUT2D eigenvalue weighted by molar-refractivity contribution is -0.140. The monoisotopic (exact) mass is 1310 g/mol. The Bertz CT molecular complexity index is 4400. The van der Waals surface area contributed by atoms with Gasteiger partial charge in [0, 0.05) is 124 Å². The molecule has 0 radical (unpaired) electrons. The molecular weight excluding hydrogens is 1240 g/mol. The smallest absolute Gasteiger partial charge is 0.307 e. The van der Waals surface area contributed by atoms with Gasteiger partial charge >= 0.3 is 11.9 Å². The van der Waals surface area contributed by atoms with Crippen LogP contribution in [0.3, 0.4) is 0 Å². The number of carboxylic acid groups (broad SMARTS) is 1. The molecule has 0 saturated carbocycles. The molecule has 6 aromatic carbocycles. The SMILES string of the molecule is COC(=O)CCNC(=O)c1cc(-c2ccc(NC(=O)CCCOc3cc4c(cc3OC)C(=O)N3c5ccccc5C[C@H]3C=N4)cc2)cn1C.COc1cc2c(cc1OCCCC(=O)Nc1ccc(-c3cc(C(=O)NCCC(=O)O)n(C)c3)cc1)N=C[C@@H]1Cc3ccccc3N1C2=O. The van der Waals surface area contributed by atoms with Gasteiger partial charge in [-0.2, -0.15) is 0 Å². The van der Waals surface area contributed by atoms with Gasteiger partial charge in [0.05, 0.1) is 82.0 Å². The summed E-state index contributed by atoms with van der Waals surface area (Å²) >= 11 is 0. The molecular formula is C73H72N10O14.